The predicted octanol–water partition coefficient (Wildman–Crippen LogP) is 4.16. The van der Waals surface area contributed by atoms with Gasteiger partial charge in [-0.2, -0.15) is 23.7 Å². The first-order valence-corrected chi connectivity index (χ1v) is 11.9. The number of carboxylic acids is 1. The molecule has 0 aliphatic rings. The highest BCUT2D eigenvalue weighted by atomic mass is 32.2. The van der Waals surface area contributed by atoms with Gasteiger partial charge in [0.2, 0.25) is 5.91 Å². The van der Waals surface area contributed by atoms with Gasteiger partial charge in [0.1, 0.15) is 34.4 Å². The number of carboxylic acid groups (broad SMARTS) is 1. The summed E-state index contributed by atoms with van der Waals surface area (Å²) >= 11 is 1.36. The first kappa shape index (κ1) is 30.6. The topological polar surface area (TPSA) is 177 Å². The number of H-pyrrole nitrogens is 1. The van der Waals surface area contributed by atoms with Gasteiger partial charge in [0.25, 0.3) is 0 Å². The quantitative estimate of drug-likeness (QED) is 0.219. The standard InChI is InChI=1S/C22H21N7O2S.C2HF3O2/c1-14(30)28-16-5-3-15(4-6-16)20-17(11-23)21(27-9-10-31-2)29-22(18(20)12-24)32-13-19-25-7-8-26-19;3-2(4,5)1(6)7/h3-8H,9-10,13H2,1-2H3,(H,25,26)(H,27,29)(H,28,30);(H,6,7). The Bertz CT molecular complexity index is 1370. The van der Waals surface area contributed by atoms with Crippen LogP contribution in [0.3, 0.4) is 0 Å². The van der Waals surface area contributed by atoms with Crippen molar-refractivity contribution < 1.29 is 32.6 Å². The van der Waals surface area contributed by atoms with E-state index in [0.29, 0.717) is 52.1 Å². The summed E-state index contributed by atoms with van der Waals surface area (Å²) in [5, 5.41) is 33.4. The maximum absolute atomic E-state index is 11.3. The second-order valence-electron chi connectivity index (χ2n) is 7.42. The summed E-state index contributed by atoms with van der Waals surface area (Å²) in [6.45, 7) is 2.31. The molecular weight excluding hydrogens is 539 g/mol. The van der Waals surface area contributed by atoms with E-state index in [1.165, 1.54) is 18.7 Å². The van der Waals surface area contributed by atoms with Crippen LogP contribution in [0.2, 0.25) is 0 Å². The number of methoxy groups -OCH3 is 1. The molecule has 0 saturated carbocycles. The van der Waals surface area contributed by atoms with Crippen LogP contribution in [0.1, 0.15) is 23.9 Å². The molecule has 0 spiro atoms. The number of pyridine rings is 1. The molecule has 1 aromatic carbocycles. The number of hydrogen-bond acceptors (Lipinski definition) is 9. The van der Waals surface area contributed by atoms with Gasteiger partial charge in [-0.15, -0.1) is 0 Å². The molecular formula is C24H22F3N7O4S. The number of imidazole rings is 1. The minimum Gasteiger partial charge on any atom is -0.475 e. The van der Waals surface area contributed by atoms with Crippen LogP contribution in [0.5, 0.6) is 0 Å². The van der Waals surface area contributed by atoms with Crippen molar-refractivity contribution >= 4 is 35.1 Å². The van der Waals surface area contributed by atoms with Gasteiger partial charge >= 0.3 is 12.1 Å². The van der Waals surface area contributed by atoms with E-state index in [2.05, 4.69) is 37.7 Å². The number of aromatic nitrogens is 3. The lowest BCUT2D eigenvalue weighted by Gasteiger charge is -2.16. The summed E-state index contributed by atoms with van der Waals surface area (Å²) < 4.78 is 36.8. The molecule has 0 radical (unpaired) electrons. The third-order valence-corrected chi connectivity index (χ3v) is 5.61. The van der Waals surface area contributed by atoms with E-state index in [0.717, 1.165) is 5.82 Å². The minimum absolute atomic E-state index is 0.182. The zero-order chi connectivity index (χ0) is 29.0. The number of nitrogens with one attached hydrogen (secondary N) is 3. The Kier molecular flexibility index (Phi) is 11.3. The fraction of sp³-hybridized carbons (Fsp3) is 0.250. The van der Waals surface area contributed by atoms with Crippen molar-refractivity contribution in [1.29, 1.82) is 10.5 Å². The number of nitrogens with zero attached hydrogens (tertiary/aromatic N) is 4. The number of aromatic amines is 1. The Hall–Kier alpha value is -4.60. The lowest BCUT2D eigenvalue weighted by atomic mass is 9.96. The second-order valence-corrected chi connectivity index (χ2v) is 8.38. The highest BCUT2D eigenvalue weighted by molar-refractivity contribution is 7.98. The molecule has 1 amide bonds. The Balaban J connectivity index is 0.000000673. The molecule has 204 valence electrons. The summed E-state index contributed by atoms with van der Waals surface area (Å²) in [5.74, 6) is -1.32. The summed E-state index contributed by atoms with van der Waals surface area (Å²) in [6.07, 6.45) is -1.69. The molecule has 0 saturated heterocycles. The molecule has 0 aliphatic heterocycles. The van der Waals surface area contributed by atoms with E-state index in [4.69, 9.17) is 14.6 Å². The molecule has 0 atom stereocenters. The average Bonchev–Trinajstić information content (AvgIpc) is 3.41. The Morgan fingerprint density at radius 1 is 1.18 bits per heavy atom. The maximum atomic E-state index is 11.3. The third-order valence-electron chi connectivity index (χ3n) is 4.62. The van der Waals surface area contributed by atoms with Gasteiger partial charge < -0.3 is 25.5 Å². The van der Waals surface area contributed by atoms with Crippen LogP contribution in [-0.4, -0.2) is 58.4 Å². The van der Waals surface area contributed by atoms with Gasteiger partial charge in [-0.1, -0.05) is 23.9 Å². The number of hydrogen-bond donors (Lipinski definition) is 4. The number of amides is 1. The molecule has 0 bridgehead atoms. The Labute approximate surface area is 225 Å². The van der Waals surface area contributed by atoms with Gasteiger partial charge in [0.05, 0.1) is 17.9 Å². The Morgan fingerprint density at radius 2 is 1.82 bits per heavy atom. The molecule has 0 fully saturated rings. The number of anilines is 2. The van der Waals surface area contributed by atoms with Crippen LogP contribution in [0.15, 0.2) is 41.7 Å². The van der Waals surface area contributed by atoms with Crippen molar-refractivity contribution in [2.75, 3.05) is 30.9 Å². The van der Waals surface area contributed by atoms with E-state index in [9.17, 15) is 28.5 Å². The smallest absolute Gasteiger partial charge is 0.475 e. The first-order valence-electron chi connectivity index (χ1n) is 10.9. The summed E-state index contributed by atoms with van der Waals surface area (Å²) in [7, 11) is 1.59. The van der Waals surface area contributed by atoms with Crippen LogP contribution in [0, 0.1) is 22.7 Å². The number of carbonyl (C=O) groups excluding carboxylic acids is 1. The van der Waals surface area contributed by atoms with Crippen LogP contribution < -0.4 is 10.6 Å². The fourth-order valence-electron chi connectivity index (χ4n) is 3.01. The minimum atomic E-state index is -5.08. The largest absolute Gasteiger partial charge is 0.490 e. The van der Waals surface area contributed by atoms with Crippen molar-refractivity contribution in [3.8, 4) is 23.3 Å². The first-order chi connectivity index (χ1) is 18.5. The van der Waals surface area contributed by atoms with Gasteiger partial charge in [0, 0.05) is 44.2 Å². The van der Waals surface area contributed by atoms with E-state index >= 15 is 0 Å². The number of thioether (sulfide) groups is 1. The van der Waals surface area contributed by atoms with Crippen LogP contribution in [0.25, 0.3) is 11.1 Å². The number of aliphatic carboxylic acids is 1. The molecule has 3 aromatic rings. The Morgan fingerprint density at radius 3 is 2.31 bits per heavy atom. The molecule has 0 aliphatic carbocycles. The van der Waals surface area contributed by atoms with Crippen LogP contribution >= 0.6 is 11.8 Å². The SMILES string of the molecule is COCCNc1nc(SCc2ncc[nH]2)c(C#N)c(-c2ccc(NC(C)=O)cc2)c1C#N.O=C(O)C(F)(F)F. The van der Waals surface area contributed by atoms with Crippen molar-refractivity contribution in [3.05, 3.63) is 53.6 Å². The summed E-state index contributed by atoms with van der Waals surface area (Å²) in [5.41, 5.74) is 2.36. The highest BCUT2D eigenvalue weighted by Crippen LogP contribution is 2.37. The maximum Gasteiger partial charge on any atom is 0.490 e. The van der Waals surface area contributed by atoms with Gasteiger partial charge in [0.15, 0.2) is 0 Å². The highest BCUT2D eigenvalue weighted by Gasteiger charge is 2.38. The van der Waals surface area contributed by atoms with Crippen molar-refractivity contribution in [2.24, 2.45) is 0 Å². The second kappa shape index (κ2) is 14.4. The van der Waals surface area contributed by atoms with Crippen molar-refractivity contribution in [3.63, 3.8) is 0 Å². The predicted molar refractivity (Wildman–Crippen MR) is 136 cm³/mol. The van der Waals surface area contributed by atoms with Gasteiger partial charge in [-0.3, -0.25) is 4.79 Å². The summed E-state index contributed by atoms with van der Waals surface area (Å²) in [6, 6.07) is 11.4. The molecule has 0 unspecified atom stereocenters. The molecule has 39 heavy (non-hydrogen) atoms. The van der Waals surface area contributed by atoms with E-state index < -0.39 is 12.1 Å². The van der Waals surface area contributed by atoms with Gasteiger partial charge in [-0.05, 0) is 17.7 Å². The van der Waals surface area contributed by atoms with Crippen LogP contribution in [-0.2, 0) is 20.1 Å². The van der Waals surface area contributed by atoms with Crippen molar-refractivity contribution in [2.45, 2.75) is 23.9 Å². The number of nitriles is 2. The average molecular weight is 562 g/mol. The zero-order valence-corrected chi connectivity index (χ0v) is 21.4. The number of alkyl halides is 3. The lowest BCUT2D eigenvalue weighted by molar-refractivity contribution is -0.192. The number of ether oxygens (including phenoxy) is 1. The number of benzene rings is 1. The fourth-order valence-corrected chi connectivity index (χ4v) is 3.89. The molecule has 11 nitrogen and oxygen atoms in total. The number of rotatable bonds is 9. The van der Waals surface area contributed by atoms with E-state index in [1.807, 2.05) is 0 Å². The number of carbonyl (C=O) groups is 2. The van der Waals surface area contributed by atoms with Crippen LogP contribution in [0.4, 0.5) is 24.7 Å². The molecule has 2 heterocycles. The van der Waals surface area contributed by atoms with E-state index in [1.54, 1.807) is 43.8 Å². The van der Waals surface area contributed by atoms with Crippen molar-refractivity contribution in [1.82, 2.24) is 15.0 Å². The van der Waals surface area contributed by atoms with E-state index in [-0.39, 0.29) is 11.5 Å². The van der Waals surface area contributed by atoms with Gasteiger partial charge in [-0.25, -0.2) is 14.8 Å². The molecule has 4 N–H and O–H groups in total. The monoisotopic (exact) mass is 561 g/mol. The summed E-state index contributed by atoms with van der Waals surface area (Å²) in [4.78, 5) is 32.0. The molecule has 2 aromatic heterocycles. The third kappa shape index (κ3) is 9.03. The number of halogens is 3. The zero-order valence-electron chi connectivity index (χ0n) is 20.6. The normalized spacial score (nSPS) is 10.4. The lowest BCUT2D eigenvalue weighted by Crippen LogP contribution is -2.21. The molecule has 3 rings (SSSR count). The molecule has 15 heteroatoms.